The van der Waals surface area contributed by atoms with Gasteiger partial charge in [-0.15, -0.1) is 0 Å². The fourth-order valence-electron chi connectivity index (χ4n) is 3.59. The molecule has 28 heavy (non-hydrogen) atoms. The van der Waals surface area contributed by atoms with E-state index in [-0.39, 0.29) is 0 Å². The zero-order valence-corrected chi connectivity index (χ0v) is 16.1. The molecule has 0 saturated carbocycles. The van der Waals surface area contributed by atoms with Gasteiger partial charge in [-0.1, -0.05) is 55.8 Å². The van der Waals surface area contributed by atoms with Crippen LogP contribution in [0.15, 0.2) is 54.9 Å². The molecule has 2 aromatic heterocycles. The van der Waals surface area contributed by atoms with Crippen molar-refractivity contribution in [3.8, 4) is 17.2 Å². The van der Waals surface area contributed by atoms with E-state index < -0.39 is 0 Å². The third kappa shape index (κ3) is 3.25. The minimum atomic E-state index is 0.688. The average Bonchev–Trinajstić information content (AvgIpc) is 3.22. The molecular weight excluding hydrogens is 346 g/mol. The summed E-state index contributed by atoms with van der Waals surface area (Å²) in [4.78, 5) is 9.25. The molecule has 0 unspecified atom stereocenters. The normalized spacial score (nSPS) is 10.9. The number of hydrogen-bond acceptors (Lipinski definition) is 4. The molecule has 0 aliphatic heterocycles. The van der Waals surface area contributed by atoms with Crippen LogP contribution < -0.4 is 0 Å². The highest BCUT2D eigenvalue weighted by atomic mass is 15.3. The fraction of sp³-hybridized carbons (Fsp3) is 0.217. The van der Waals surface area contributed by atoms with Gasteiger partial charge in [-0.25, -0.2) is 9.97 Å². The number of nitriles is 1. The smallest absolute Gasteiger partial charge is 0.162 e. The molecule has 2 heterocycles. The Morgan fingerprint density at radius 1 is 1.07 bits per heavy atom. The highest BCUT2D eigenvalue weighted by molar-refractivity contribution is 5.70. The van der Waals surface area contributed by atoms with Gasteiger partial charge in [0, 0.05) is 17.7 Å². The summed E-state index contributed by atoms with van der Waals surface area (Å²) >= 11 is 0. The van der Waals surface area contributed by atoms with Crippen LogP contribution >= 0.6 is 0 Å². The van der Waals surface area contributed by atoms with Gasteiger partial charge in [-0.05, 0) is 36.1 Å². The van der Waals surface area contributed by atoms with E-state index in [2.05, 4.69) is 47.3 Å². The van der Waals surface area contributed by atoms with Gasteiger partial charge in [-0.3, -0.25) is 0 Å². The van der Waals surface area contributed by atoms with Crippen molar-refractivity contribution in [2.75, 3.05) is 0 Å². The van der Waals surface area contributed by atoms with Crippen LogP contribution in [0.4, 0.5) is 0 Å². The molecule has 4 rings (SSSR count). The molecule has 0 N–H and O–H groups in total. The van der Waals surface area contributed by atoms with Crippen molar-refractivity contribution < 1.29 is 0 Å². The number of benzene rings is 2. The number of aromatic nitrogens is 4. The summed E-state index contributed by atoms with van der Waals surface area (Å²) in [5.74, 6) is 0.864. The largest absolute Gasteiger partial charge is 0.238 e. The van der Waals surface area contributed by atoms with Gasteiger partial charge in [0.1, 0.15) is 12.2 Å². The van der Waals surface area contributed by atoms with Crippen LogP contribution in [0.3, 0.4) is 0 Å². The molecule has 0 bridgehead atoms. The Balaban J connectivity index is 1.71. The Bertz CT molecular complexity index is 1170. The van der Waals surface area contributed by atoms with E-state index in [1.807, 2.05) is 35.7 Å². The van der Waals surface area contributed by atoms with Crippen LogP contribution in [-0.4, -0.2) is 19.6 Å². The minimum absolute atomic E-state index is 0.688. The summed E-state index contributed by atoms with van der Waals surface area (Å²) in [6.07, 6.45) is 4.30. The molecule has 0 saturated heterocycles. The molecule has 0 atom stereocenters. The molecule has 138 valence electrons. The Kier molecular flexibility index (Phi) is 4.86. The van der Waals surface area contributed by atoms with E-state index in [1.54, 1.807) is 6.33 Å². The van der Waals surface area contributed by atoms with Gasteiger partial charge in [0.05, 0.1) is 11.6 Å². The van der Waals surface area contributed by atoms with Crippen molar-refractivity contribution >= 4 is 5.65 Å². The quantitative estimate of drug-likeness (QED) is 0.520. The predicted octanol–water partition coefficient (Wildman–Crippen LogP) is 4.51. The topological polar surface area (TPSA) is 66.9 Å². The lowest BCUT2D eigenvalue weighted by molar-refractivity contribution is 0.792. The van der Waals surface area contributed by atoms with Crippen molar-refractivity contribution in [1.29, 1.82) is 5.26 Å². The predicted molar refractivity (Wildman–Crippen MR) is 109 cm³/mol. The van der Waals surface area contributed by atoms with E-state index in [0.29, 0.717) is 5.56 Å². The first-order valence-corrected chi connectivity index (χ1v) is 9.47. The second kappa shape index (κ2) is 7.61. The summed E-state index contributed by atoms with van der Waals surface area (Å²) in [7, 11) is 0. The first kappa shape index (κ1) is 17.9. The Labute approximate surface area is 164 Å². The number of hydrogen-bond donors (Lipinski definition) is 0. The van der Waals surface area contributed by atoms with E-state index in [1.165, 1.54) is 5.56 Å². The number of rotatable bonds is 5. The highest BCUT2D eigenvalue weighted by Crippen LogP contribution is 2.25. The van der Waals surface area contributed by atoms with Crippen molar-refractivity contribution in [1.82, 2.24) is 19.6 Å². The lowest BCUT2D eigenvalue weighted by Gasteiger charge is -2.12. The third-order valence-corrected chi connectivity index (χ3v) is 4.95. The van der Waals surface area contributed by atoms with E-state index in [0.717, 1.165) is 53.1 Å². The molecule has 0 fully saturated rings. The lowest BCUT2D eigenvalue weighted by atomic mass is 9.97. The molecule has 0 amide bonds. The number of fused-ring (bicyclic) bond motifs is 1. The fourth-order valence-corrected chi connectivity index (χ4v) is 3.59. The van der Waals surface area contributed by atoms with E-state index in [9.17, 15) is 5.26 Å². The maximum Gasteiger partial charge on any atom is 0.162 e. The summed E-state index contributed by atoms with van der Waals surface area (Å²) in [5.41, 5.74) is 6.99. The molecule has 0 spiro atoms. The van der Waals surface area contributed by atoms with Crippen LogP contribution in [0.1, 0.15) is 41.6 Å². The zero-order valence-electron chi connectivity index (χ0n) is 16.1. The highest BCUT2D eigenvalue weighted by Gasteiger charge is 2.14. The monoisotopic (exact) mass is 367 g/mol. The van der Waals surface area contributed by atoms with Crippen LogP contribution in [0.2, 0.25) is 0 Å². The van der Waals surface area contributed by atoms with E-state index >= 15 is 0 Å². The molecule has 0 radical (unpaired) electrons. The van der Waals surface area contributed by atoms with Crippen molar-refractivity contribution in [2.45, 2.75) is 33.1 Å². The average molecular weight is 367 g/mol. The van der Waals surface area contributed by atoms with Gasteiger partial charge in [0.15, 0.2) is 5.65 Å². The van der Waals surface area contributed by atoms with Crippen LogP contribution in [0.5, 0.6) is 0 Å². The van der Waals surface area contributed by atoms with Gasteiger partial charge in [-0.2, -0.15) is 14.9 Å². The summed E-state index contributed by atoms with van der Waals surface area (Å²) in [6, 6.07) is 18.3. The Morgan fingerprint density at radius 3 is 2.61 bits per heavy atom. The van der Waals surface area contributed by atoms with Crippen molar-refractivity contribution in [3.63, 3.8) is 0 Å². The second-order valence-electron chi connectivity index (χ2n) is 6.86. The molecule has 0 aliphatic rings. The Morgan fingerprint density at radius 2 is 1.86 bits per heavy atom. The molecular formula is C23H21N5. The molecule has 5 nitrogen and oxygen atoms in total. The van der Waals surface area contributed by atoms with Crippen molar-refractivity contribution in [3.05, 3.63) is 83.1 Å². The van der Waals surface area contributed by atoms with Crippen molar-refractivity contribution in [2.24, 2.45) is 0 Å². The molecule has 0 aliphatic carbocycles. The third-order valence-electron chi connectivity index (χ3n) is 4.95. The minimum Gasteiger partial charge on any atom is -0.238 e. The second-order valence-corrected chi connectivity index (χ2v) is 6.86. The maximum absolute atomic E-state index is 9.34. The van der Waals surface area contributed by atoms with Gasteiger partial charge in [0.2, 0.25) is 0 Å². The number of aryl methyl sites for hydroxylation is 2. The SMILES string of the molecule is CCCc1nc(C)n2ncnc2c1Cc1ccc(-c2ccccc2C#N)cc1. The Hall–Kier alpha value is -3.52. The maximum atomic E-state index is 9.34. The lowest BCUT2D eigenvalue weighted by Crippen LogP contribution is -2.08. The summed E-state index contributed by atoms with van der Waals surface area (Å²) in [5, 5.41) is 13.6. The first-order valence-electron chi connectivity index (χ1n) is 9.47. The van der Waals surface area contributed by atoms with Crippen LogP contribution in [0, 0.1) is 18.3 Å². The first-order chi connectivity index (χ1) is 13.7. The molecule has 5 heteroatoms. The summed E-state index contributed by atoms with van der Waals surface area (Å²) < 4.78 is 1.81. The van der Waals surface area contributed by atoms with Gasteiger partial charge >= 0.3 is 0 Å². The zero-order chi connectivity index (χ0) is 19.5. The standard InChI is InChI=1S/C23H21N5/c1-3-6-22-21(23-25-15-26-28(23)16(2)27-22)13-17-9-11-18(12-10-17)20-8-5-4-7-19(20)14-24/h4-5,7-12,15H,3,6,13H2,1-2H3. The summed E-state index contributed by atoms with van der Waals surface area (Å²) in [6.45, 7) is 4.13. The van der Waals surface area contributed by atoms with Gasteiger partial charge < -0.3 is 0 Å². The molecule has 4 aromatic rings. The van der Waals surface area contributed by atoms with Gasteiger partial charge in [0.25, 0.3) is 0 Å². The van der Waals surface area contributed by atoms with Crippen LogP contribution in [-0.2, 0) is 12.8 Å². The molecule has 2 aromatic carbocycles. The van der Waals surface area contributed by atoms with E-state index in [4.69, 9.17) is 4.98 Å². The number of nitrogens with zero attached hydrogens (tertiary/aromatic N) is 5. The van der Waals surface area contributed by atoms with Crippen LogP contribution in [0.25, 0.3) is 16.8 Å².